The molecule has 0 atom stereocenters. The minimum atomic E-state index is -0.412. The Labute approximate surface area is 184 Å². The molecule has 0 spiro atoms. The molecular formula is C26H20N4O2. The fourth-order valence-corrected chi connectivity index (χ4v) is 3.52. The molecule has 6 nitrogen and oxygen atoms in total. The van der Waals surface area contributed by atoms with Gasteiger partial charge in [-0.05, 0) is 37.3 Å². The lowest BCUT2D eigenvalue weighted by Crippen LogP contribution is -2.16. The lowest BCUT2D eigenvalue weighted by Gasteiger charge is -2.01. The number of nitrogens with one attached hydrogen (secondary N) is 1. The van der Waals surface area contributed by atoms with Crippen LogP contribution in [-0.2, 0) is 0 Å². The minimum absolute atomic E-state index is 0.210. The third-order valence-electron chi connectivity index (χ3n) is 5.07. The Balaban J connectivity index is 1.44. The van der Waals surface area contributed by atoms with Crippen molar-refractivity contribution in [3.05, 3.63) is 108 Å². The van der Waals surface area contributed by atoms with Crippen LogP contribution in [0.15, 0.2) is 101 Å². The van der Waals surface area contributed by atoms with Crippen molar-refractivity contribution in [3.8, 4) is 16.9 Å². The third-order valence-corrected chi connectivity index (χ3v) is 5.07. The van der Waals surface area contributed by atoms with Gasteiger partial charge in [-0.1, -0.05) is 60.2 Å². The maximum Gasteiger partial charge on any atom is 0.307 e. The summed E-state index contributed by atoms with van der Waals surface area (Å²) in [7, 11) is 0. The molecule has 3 aromatic carbocycles. The molecule has 32 heavy (non-hydrogen) atoms. The van der Waals surface area contributed by atoms with Crippen molar-refractivity contribution in [2.45, 2.75) is 6.92 Å². The molecule has 6 heteroatoms. The zero-order valence-corrected chi connectivity index (χ0v) is 17.4. The summed E-state index contributed by atoms with van der Waals surface area (Å²) in [6.45, 7) is 2.04. The molecule has 2 aromatic heterocycles. The molecule has 0 aliphatic heterocycles. The number of furan rings is 1. The molecule has 0 saturated heterocycles. The van der Waals surface area contributed by atoms with Crippen LogP contribution in [0.3, 0.4) is 0 Å². The van der Waals surface area contributed by atoms with Crippen LogP contribution in [0.25, 0.3) is 27.9 Å². The molecule has 0 aliphatic carbocycles. The van der Waals surface area contributed by atoms with Crippen molar-refractivity contribution in [2.24, 2.45) is 5.10 Å². The molecule has 5 aromatic rings. The standard InChI is InChI=1S/C26H20N4O2/c1-18-8-7-10-20(14-18)25-21(17-30(29-25)22-11-3-2-4-12-22)16-27-28-26(31)24-15-19-9-5-6-13-23(19)32-24/h2-17H,1H3,(H,28,31)/b27-16+. The van der Waals surface area contributed by atoms with Crippen molar-refractivity contribution in [3.63, 3.8) is 0 Å². The van der Waals surface area contributed by atoms with E-state index in [0.717, 1.165) is 33.5 Å². The molecule has 156 valence electrons. The van der Waals surface area contributed by atoms with Gasteiger partial charge in [0.1, 0.15) is 11.3 Å². The van der Waals surface area contributed by atoms with E-state index in [1.54, 1.807) is 17.0 Å². The second kappa shape index (κ2) is 8.35. The zero-order chi connectivity index (χ0) is 21.9. The molecule has 0 unspecified atom stereocenters. The van der Waals surface area contributed by atoms with E-state index in [4.69, 9.17) is 9.52 Å². The highest BCUT2D eigenvalue weighted by molar-refractivity contribution is 5.97. The summed E-state index contributed by atoms with van der Waals surface area (Å²) >= 11 is 0. The summed E-state index contributed by atoms with van der Waals surface area (Å²) in [4.78, 5) is 12.5. The van der Waals surface area contributed by atoms with Crippen LogP contribution in [-0.4, -0.2) is 21.9 Å². The zero-order valence-electron chi connectivity index (χ0n) is 17.4. The van der Waals surface area contributed by atoms with E-state index in [-0.39, 0.29) is 5.76 Å². The number of fused-ring (bicyclic) bond motifs is 1. The van der Waals surface area contributed by atoms with Crippen LogP contribution in [0.1, 0.15) is 21.7 Å². The molecule has 5 rings (SSSR count). The van der Waals surface area contributed by atoms with Gasteiger partial charge in [0.2, 0.25) is 0 Å². The highest BCUT2D eigenvalue weighted by atomic mass is 16.3. The number of hydrogen-bond donors (Lipinski definition) is 1. The summed E-state index contributed by atoms with van der Waals surface area (Å²) in [5, 5.41) is 9.80. The Kier molecular flexibility index (Phi) is 5.09. The highest BCUT2D eigenvalue weighted by Crippen LogP contribution is 2.24. The Morgan fingerprint density at radius 2 is 1.81 bits per heavy atom. The quantitative estimate of drug-likeness (QED) is 0.307. The summed E-state index contributed by atoms with van der Waals surface area (Å²) in [6.07, 6.45) is 3.49. The Morgan fingerprint density at radius 3 is 2.62 bits per heavy atom. The SMILES string of the molecule is Cc1cccc(-c2nn(-c3ccccc3)cc2/C=N/NC(=O)c2cc3ccccc3o2)c1. The summed E-state index contributed by atoms with van der Waals surface area (Å²) in [6, 6.07) is 27.1. The Hall–Kier alpha value is -4.45. The highest BCUT2D eigenvalue weighted by Gasteiger charge is 2.13. The number of aromatic nitrogens is 2. The first-order valence-corrected chi connectivity index (χ1v) is 10.2. The van der Waals surface area contributed by atoms with Gasteiger partial charge < -0.3 is 4.42 Å². The summed E-state index contributed by atoms with van der Waals surface area (Å²) < 4.78 is 7.40. The maximum absolute atomic E-state index is 12.5. The number of carbonyl (C=O) groups is 1. The van der Waals surface area contributed by atoms with E-state index in [2.05, 4.69) is 16.6 Å². The number of aryl methyl sites for hydroxylation is 1. The monoisotopic (exact) mass is 420 g/mol. The maximum atomic E-state index is 12.5. The molecule has 1 N–H and O–H groups in total. The van der Waals surface area contributed by atoms with Crippen LogP contribution in [0, 0.1) is 6.92 Å². The van der Waals surface area contributed by atoms with Gasteiger partial charge >= 0.3 is 5.91 Å². The molecule has 0 bridgehead atoms. The first kappa shape index (κ1) is 19.5. The molecule has 0 fully saturated rings. The Bertz CT molecular complexity index is 1400. The van der Waals surface area contributed by atoms with Gasteiger partial charge in [0.05, 0.1) is 11.9 Å². The van der Waals surface area contributed by atoms with E-state index in [9.17, 15) is 4.79 Å². The van der Waals surface area contributed by atoms with Gasteiger partial charge in [-0.3, -0.25) is 4.79 Å². The number of carbonyl (C=O) groups excluding carboxylic acids is 1. The van der Waals surface area contributed by atoms with Crippen LogP contribution in [0.4, 0.5) is 0 Å². The second-order valence-electron chi connectivity index (χ2n) is 7.43. The molecule has 0 radical (unpaired) electrons. The molecule has 0 saturated carbocycles. The molecule has 0 aliphatic rings. The van der Waals surface area contributed by atoms with Crippen molar-refractivity contribution in [1.82, 2.24) is 15.2 Å². The van der Waals surface area contributed by atoms with E-state index in [1.165, 1.54) is 0 Å². The van der Waals surface area contributed by atoms with Gasteiger partial charge in [0.15, 0.2) is 5.76 Å². The van der Waals surface area contributed by atoms with E-state index >= 15 is 0 Å². The number of nitrogens with zero attached hydrogens (tertiary/aromatic N) is 3. The number of benzene rings is 3. The van der Waals surface area contributed by atoms with Crippen molar-refractivity contribution >= 4 is 23.1 Å². The summed E-state index contributed by atoms with van der Waals surface area (Å²) in [5.41, 5.74) is 7.82. The van der Waals surface area contributed by atoms with E-state index in [1.807, 2.05) is 85.9 Å². The first-order chi connectivity index (χ1) is 15.7. The van der Waals surface area contributed by atoms with Crippen LogP contribution >= 0.6 is 0 Å². The number of rotatable bonds is 5. The fraction of sp³-hybridized carbons (Fsp3) is 0.0385. The minimum Gasteiger partial charge on any atom is -0.451 e. The van der Waals surface area contributed by atoms with Crippen molar-refractivity contribution < 1.29 is 9.21 Å². The average Bonchev–Trinajstić information content (AvgIpc) is 3.44. The average molecular weight is 420 g/mol. The van der Waals surface area contributed by atoms with Gasteiger partial charge in [-0.15, -0.1) is 0 Å². The first-order valence-electron chi connectivity index (χ1n) is 10.2. The van der Waals surface area contributed by atoms with Crippen LogP contribution < -0.4 is 5.43 Å². The number of para-hydroxylation sites is 2. The van der Waals surface area contributed by atoms with E-state index in [0.29, 0.717) is 5.58 Å². The smallest absolute Gasteiger partial charge is 0.307 e. The van der Waals surface area contributed by atoms with Gasteiger partial charge in [-0.2, -0.15) is 10.2 Å². The van der Waals surface area contributed by atoms with Gasteiger partial charge in [0, 0.05) is 22.7 Å². The predicted molar refractivity (Wildman–Crippen MR) is 125 cm³/mol. The lowest BCUT2D eigenvalue weighted by atomic mass is 10.1. The molecule has 2 heterocycles. The lowest BCUT2D eigenvalue weighted by molar-refractivity contribution is 0.0929. The molecular weight excluding hydrogens is 400 g/mol. The number of amides is 1. The van der Waals surface area contributed by atoms with Crippen LogP contribution in [0.2, 0.25) is 0 Å². The summed E-state index contributed by atoms with van der Waals surface area (Å²) in [5.74, 6) is -0.202. The topological polar surface area (TPSA) is 72.4 Å². The predicted octanol–water partition coefficient (Wildman–Crippen LogP) is 5.36. The van der Waals surface area contributed by atoms with Crippen molar-refractivity contribution in [2.75, 3.05) is 0 Å². The third kappa shape index (κ3) is 3.94. The van der Waals surface area contributed by atoms with Crippen molar-refractivity contribution in [1.29, 1.82) is 0 Å². The number of hydrogen-bond acceptors (Lipinski definition) is 4. The second-order valence-corrected chi connectivity index (χ2v) is 7.43. The van der Waals surface area contributed by atoms with E-state index < -0.39 is 5.91 Å². The van der Waals surface area contributed by atoms with Crippen LogP contribution in [0.5, 0.6) is 0 Å². The van der Waals surface area contributed by atoms with Gasteiger partial charge in [0.25, 0.3) is 0 Å². The fourth-order valence-electron chi connectivity index (χ4n) is 3.52. The normalized spacial score (nSPS) is 11.3. The Morgan fingerprint density at radius 1 is 1.00 bits per heavy atom. The largest absolute Gasteiger partial charge is 0.451 e. The number of hydrazone groups is 1. The molecule has 1 amide bonds. The van der Waals surface area contributed by atoms with Gasteiger partial charge in [-0.25, -0.2) is 10.1 Å².